The Labute approximate surface area is 109 Å². The molecule has 0 aliphatic rings. The largest absolute Gasteiger partial charge is 0.389 e. The summed E-state index contributed by atoms with van der Waals surface area (Å²) in [5.41, 5.74) is 2.00. The topological polar surface area (TPSA) is 52.6 Å². The number of para-hydroxylation sites is 1. The van der Waals surface area contributed by atoms with Crippen LogP contribution < -0.4 is 5.32 Å². The van der Waals surface area contributed by atoms with Gasteiger partial charge in [0.25, 0.3) is 0 Å². The molecule has 0 aromatic heterocycles. The van der Waals surface area contributed by atoms with Crippen molar-refractivity contribution in [2.45, 2.75) is 33.3 Å². The van der Waals surface area contributed by atoms with Crippen molar-refractivity contribution in [3.05, 3.63) is 29.3 Å². The summed E-state index contributed by atoms with van der Waals surface area (Å²) in [6, 6.07) is 5.66. The zero-order valence-electron chi connectivity index (χ0n) is 11.7. The van der Waals surface area contributed by atoms with Crippen molar-refractivity contribution in [3.63, 3.8) is 0 Å². The maximum Gasteiger partial charge on any atom is 0.321 e. The summed E-state index contributed by atoms with van der Waals surface area (Å²) in [6.07, 6.45) is 0. The minimum Gasteiger partial charge on any atom is -0.389 e. The number of carbonyl (C=O) groups is 1. The van der Waals surface area contributed by atoms with Gasteiger partial charge in [0.15, 0.2) is 0 Å². The van der Waals surface area contributed by atoms with Crippen molar-refractivity contribution in [2.24, 2.45) is 0 Å². The van der Waals surface area contributed by atoms with E-state index in [2.05, 4.69) is 5.32 Å². The van der Waals surface area contributed by atoms with E-state index in [9.17, 15) is 9.90 Å². The SMILES string of the molecule is Cc1cccc(C)c1NC(=O)N(C)CC(C)(C)O. The molecule has 0 bridgehead atoms. The van der Waals surface area contributed by atoms with E-state index in [1.54, 1.807) is 20.9 Å². The maximum absolute atomic E-state index is 12.0. The molecule has 0 unspecified atom stereocenters. The number of nitrogens with one attached hydrogen (secondary N) is 1. The van der Waals surface area contributed by atoms with Crippen molar-refractivity contribution < 1.29 is 9.90 Å². The molecule has 0 fully saturated rings. The van der Waals surface area contributed by atoms with Crippen LogP contribution in [-0.4, -0.2) is 35.2 Å². The van der Waals surface area contributed by atoms with Gasteiger partial charge in [-0.1, -0.05) is 18.2 Å². The third kappa shape index (κ3) is 4.04. The molecular weight excluding hydrogens is 228 g/mol. The molecule has 0 aliphatic heterocycles. The molecule has 0 saturated carbocycles. The second-order valence-corrected chi connectivity index (χ2v) is 5.37. The van der Waals surface area contributed by atoms with E-state index in [4.69, 9.17) is 0 Å². The fraction of sp³-hybridized carbons (Fsp3) is 0.500. The molecule has 2 amide bonds. The third-order valence-electron chi connectivity index (χ3n) is 2.68. The highest BCUT2D eigenvalue weighted by Crippen LogP contribution is 2.19. The Morgan fingerprint density at radius 3 is 2.28 bits per heavy atom. The number of carbonyl (C=O) groups excluding carboxylic acids is 1. The Morgan fingerprint density at radius 1 is 1.33 bits per heavy atom. The Bertz CT molecular complexity index is 416. The number of nitrogens with zero attached hydrogens (tertiary/aromatic N) is 1. The number of urea groups is 1. The number of aliphatic hydroxyl groups is 1. The van der Waals surface area contributed by atoms with E-state index in [1.807, 2.05) is 32.0 Å². The quantitative estimate of drug-likeness (QED) is 0.866. The zero-order valence-corrected chi connectivity index (χ0v) is 11.7. The predicted molar refractivity (Wildman–Crippen MR) is 73.9 cm³/mol. The lowest BCUT2D eigenvalue weighted by molar-refractivity contribution is 0.0550. The number of anilines is 1. The van der Waals surface area contributed by atoms with Crippen LogP contribution in [0.5, 0.6) is 0 Å². The monoisotopic (exact) mass is 250 g/mol. The van der Waals surface area contributed by atoms with Crippen LogP contribution in [-0.2, 0) is 0 Å². The van der Waals surface area contributed by atoms with E-state index < -0.39 is 5.60 Å². The second kappa shape index (κ2) is 5.40. The molecule has 2 N–H and O–H groups in total. The summed E-state index contributed by atoms with van der Waals surface area (Å²) in [7, 11) is 1.67. The second-order valence-electron chi connectivity index (χ2n) is 5.37. The molecule has 18 heavy (non-hydrogen) atoms. The number of likely N-dealkylation sites (N-methyl/N-ethyl adjacent to an activating group) is 1. The summed E-state index contributed by atoms with van der Waals surface area (Å²) in [5, 5.41) is 12.6. The van der Waals surface area contributed by atoms with E-state index >= 15 is 0 Å². The Hall–Kier alpha value is -1.55. The van der Waals surface area contributed by atoms with Crippen molar-refractivity contribution >= 4 is 11.7 Å². The van der Waals surface area contributed by atoms with Gasteiger partial charge in [0.2, 0.25) is 0 Å². The minimum absolute atomic E-state index is 0.213. The summed E-state index contributed by atoms with van der Waals surface area (Å²) >= 11 is 0. The Kier molecular flexibility index (Phi) is 4.35. The first kappa shape index (κ1) is 14.5. The summed E-state index contributed by atoms with van der Waals surface area (Å²) < 4.78 is 0. The lowest BCUT2D eigenvalue weighted by Gasteiger charge is -2.26. The standard InChI is InChI=1S/C14H22N2O2/c1-10-7-6-8-11(2)12(10)15-13(17)16(5)9-14(3,4)18/h6-8,18H,9H2,1-5H3,(H,15,17). The average Bonchev–Trinajstić information content (AvgIpc) is 2.21. The van der Waals surface area contributed by atoms with Crippen LogP contribution in [0.1, 0.15) is 25.0 Å². The molecule has 0 radical (unpaired) electrons. The molecule has 0 spiro atoms. The number of benzene rings is 1. The zero-order chi connectivity index (χ0) is 13.9. The van der Waals surface area contributed by atoms with Gasteiger partial charge in [-0.05, 0) is 38.8 Å². The van der Waals surface area contributed by atoms with Gasteiger partial charge < -0.3 is 15.3 Å². The smallest absolute Gasteiger partial charge is 0.321 e. The van der Waals surface area contributed by atoms with Crippen LogP contribution in [0.25, 0.3) is 0 Å². The van der Waals surface area contributed by atoms with Crippen molar-refractivity contribution in [1.82, 2.24) is 4.90 Å². The average molecular weight is 250 g/mol. The van der Waals surface area contributed by atoms with Gasteiger partial charge in [-0.3, -0.25) is 0 Å². The lowest BCUT2D eigenvalue weighted by atomic mass is 10.1. The van der Waals surface area contributed by atoms with Gasteiger partial charge in [0.1, 0.15) is 0 Å². The normalized spacial score (nSPS) is 11.2. The molecule has 0 atom stereocenters. The lowest BCUT2D eigenvalue weighted by Crippen LogP contribution is -2.41. The van der Waals surface area contributed by atoms with Crippen LogP contribution in [0, 0.1) is 13.8 Å². The van der Waals surface area contributed by atoms with E-state index in [-0.39, 0.29) is 12.6 Å². The molecule has 0 saturated heterocycles. The van der Waals surface area contributed by atoms with Gasteiger partial charge in [0, 0.05) is 12.7 Å². The highest BCUT2D eigenvalue weighted by atomic mass is 16.3. The highest BCUT2D eigenvalue weighted by molar-refractivity contribution is 5.90. The maximum atomic E-state index is 12.0. The number of aryl methyl sites for hydroxylation is 2. The van der Waals surface area contributed by atoms with Gasteiger partial charge in [0.05, 0.1) is 12.1 Å². The summed E-state index contributed by atoms with van der Waals surface area (Å²) in [6.45, 7) is 7.55. The van der Waals surface area contributed by atoms with Crippen LogP contribution >= 0.6 is 0 Å². The predicted octanol–water partition coefficient (Wildman–Crippen LogP) is 2.54. The first-order chi connectivity index (χ1) is 8.20. The molecule has 1 aromatic rings. The number of rotatable bonds is 3. The van der Waals surface area contributed by atoms with Gasteiger partial charge in [-0.2, -0.15) is 0 Å². The molecule has 0 heterocycles. The Morgan fingerprint density at radius 2 is 1.83 bits per heavy atom. The van der Waals surface area contributed by atoms with E-state index in [0.717, 1.165) is 16.8 Å². The highest BCUT2D eigenvalue weighted by Gasteiger charge is 2.19. The summed E-state index contributed by atoms with van der Waals surface area (Å²) in [5.74, 6) is 0. The molecule has 4 heteroatoms. The number of hydrogen-bond acceptors (Lipinski definition) is 2. The fourth-order valence-corrected chi connectivity index (χ4v) is 1.87. The van der Waals surface area contributed by atoms with Crippen LogP contribution in [0.3, 0.4) is 0 Å². The first-order valence-corrected chi connectivity index (χ1v) is 6.01. The molecular formula is C14H22N2O2. The minimum atomic E-state index is -0.896. The first-order valence-electron chi connectivity index (χ1n) is 6.01. The fourth-order valence-electron chi connectivity index (χ4n) is 1.87. The van der Waals surface area contributed by atoms with Crippen molar-refractivity contribution in [2.75, 3.05) is 18.9 Å². The van der Waals surface area contributed by atoms with E-state index in [0.29, 0.717) is 0 Å². The molecule has 4 nitrogen and oxygen atoms in total. The Balaban J connectivity index is 2.76. The van der Waals surface area contributed by atoms with Crippen molar-refractivity contribution in [1.29, 1.82) is 0 Å². The van der Waals surface area contributed by atoms with Gasteiger partial charge in [-0.25, -0.2) is 4.79 Å². The van der Waals surface area contributed by atoms with E-state index in [1.165, 1.54) is 4.90 Å². The van der Waals surface area contributed by atoms with Crippen LogP contribution in [0.2, 0.25) is 0 Å². The molecule has 100 valence electrons. The van der Waals surface area contributed by atoms with Crippen LogP contribution in [0.4, 0.5) is 10.5 Å². The number of amides is 2. The summed E-state index contributed by atoms with van der Waals surface area (Å²) in [4.78, 5) is 13.5. The molecule has 0 aliphatic carbocycles. The molecule has 1 rings (SSSR count). The third-order valence-corrected chi connectivity index (χ3v) is 2.68. The van der Waals surface area contributed by atoms with Crippen molar-refractivity contribution in [3.8, 4) is 0 Å². The van der Waals surface area contributed by atoms with Crippen LogP contribution in [0.15, 0.2) is 18.2 Å². The van der Waals surface area contributed by atoms with Gasteiger partial charge >= 0.3 is 6.03 Å². The number of hydrogen-bond donors (Lipinski definition) is 2. The molecule has 1 aromatic carbocycles. The van der Waals surface area contributed by atoms with Gasteiger partial charge in [-0.15, -0.1) is 0 Å².